The van der Waals surface area contributed by atoms with Crippen molar-refractivity contribution in [3.8, 4) is 17.3 Å². The molecule has 0 amide bonds. The monoisotopic (exact) mass is 387 g/mol. The summed E-state index contributed by atoms with van der Waals surface area (Å²) >= 11 is 0. The van der Waals surface area contributed by atoms with Crippen molar-refractivity contribution in [1.29, 1.82) is 5.26 Å². The first-order chi connectivity index (χ1) is 14.0. The summed E-state index contributed by atoms with van der Waals surface area (Å²) in [6.07, 6.45) is 8.37. The second-order valence-electron chi connectivity index (χ2n) is 8.45. The van der Waals surface area contributed by atoms with Gasteiger partial charge in [-0.25, -0.2) is 9.97 Å². The highest BCUT2D eigenvalue weighted by Gasteiger charge is 2.17. The SMILES string of the molecule is Cc1cc(-c2nc(C#N)nc3c2ccn3C)ccc1CCCC1CCN(C)CC1. The third-order valence-electron chi connectivity index (χ3n) is 6.34. The van der Waals surface area contributed by atoms with E-state index in [2.05, 4.69) is 53.1 Å². The summed E-state index contributed by atoms with van der Waals surface area (Å²) < 4.78 is 1.94. The Morgan fingerprint density at radius 3 is 2.66 bits per heavy atom. The summed E-state index contributed by atoms with van der Waals surface area (Å²) in [7, 11) is 4.17. The van der Waals surface area contributed by atoms with Gasteiger partial charge in [-0.2, -0.15) is 5.26 Å². The number of nitriles is 1. The molecule has 5 heteroatoms. The molecule has 4 rings (SSSR count). The van der Waals surface area contributed by atoms with Crippen molar-refractivity contribution in [3.63, 3.8) is 0 Å². The molecule has 1 aliphatic heterocycles. The fourth-order valence-electron chi connectivity index (χ4n) is 4.46. The van der Waals surface area contributed by atoms with Crippen molar-refractivity contribution in [2.75, 3.05) is 20.1 Å². The Bertz CT molecular complexity index is 1050. The first kappa shape index (κ1) is 19.6. The van der Waals surface area contributed by atoms with Crippen LogP contribution in [0.1, 0.15) is 42.6 Å². The zero-order valence-electron chi connectivity index (χ0n) is 17.6. The highest BCUT2D eigenvalue weighted by Crippen LogP contribution is 2.29. The van der Waals surface area contributed by atoms with Crippen LogP contribution in [0, 0.1) is 24.2 Å². The molecule has 0 unspecified atom stereocenters. The summed E-state index contributed by atoms with van der Waals surface area (Å²) in [6, 6.07) is 10.7. The topological polar surface area (TPSA) is 57.7 Å². The fraction of sp³-hybridized carbons (Fsp3) is 0.458. The molecule has 0 bridgehead atoms. The third kappa shape index (κ3) is 4.18. The van der Waals surface area contributed by atoms with E-state index >= 15 is 0 Å². The Labute approximate surface area is 173 Å². The minimum absolute atomic E-state index is 0.217. The third-order valence-corrected chi connectivity index (χ3v) is 6.34. The van der Waals surface area contributed by atoms with Gasteiger partial charge in [0, 0.05) is 24.2 Å². The van der Waals surface area contributed by atoms with Gasteiger partial charge in [-0.3, -0.25) is 0 Å². The maximum atomic E-state index is 9.33. The normalized spacial score (nSPS) is 15.7. The van der Waals surface area contributed by atoms with Crippen molar-refractivity contribution in [2.24, 2.45) is 13.0 Å². The molecule has 1 aliphatic rings. The molecule has 3 aromatic rings. The molecule has 1 aromatic carbocycles. The van der Waals surface area contributed by atoms with Gasteiger partial charge in [-0.05, 0) is 81.9 Å². The van der Waals surface area contributed by atoms with Crippen LogP contribution in [-0.2, 0) is 13.5 Å². The lowest BCUT2D eigenvalue weighted by molar-refractivity contribution is 0.210. The maximum Gasteiger partial charge on any atom is 0.234 e. The van der Waals surface area contributed by atoms with E-state index in [0.29, 0.717) is 0 Å². The Morgan fingerprint density at radius 1 is 1.14 bits per heavy atom. The van der Waals surface area contributed by atoms with E-state index in [0.717, 1.165) is 34.6 Å². The van der Waals surface area contributed by atoms with E-state index in [1.165, 1.54) is 49.9 Å². The molecule has 1 fully saturated rings. The number of hydrogen-bond donors (Lipinski definition) is 0. The average Bonchev–Trinajstić information content (AvgIpc) is 3.10. The van der Waals surface area contributed by atoms with Crippen LogP contribution in [0.4, 0.5) is 0 Å². The maximum absolute atomic E-state index is 9.33. The van der Waals surface area contributed by atoms with Crippen LogP contribution in [0.15, 0.2) is 30.5 Å². The minimum atomic E-state index is 0.217. The van der Waals surface area contributed by atoms with E-state index in [9.17, 15) is 5.26 Å². The standard InChI is InChI=1S/C24H29N5/c1-17-15-20(23-21-11-14-29(3)24(21)27-22(16-25)26-23)8-7-19(17)6-4-5-18-9-12-28(2)13-10-18/h7-8,11,14-15,18H,4-6,9-10,12-13H2,1-3H3. The van der Waals surface area contributed by atoms with Gasteiger partial charge in [0.2, 0.25) is 5.82 Å². The lowest BCUT2D eigenvalue weighted by Crippen LogP contribution is -2.30. The van der Waals surface area contributed by atoms with Crippen LogP contribution in [0.5, 0.6) is 0 Å². The van der Waals surface area contributed by atoms with Crippen LogP contribution in [0.25, 0.3) is 22.3 Å². The highest BCUT2D eigenvalue weighted by molar-refractivity contribution is 5.91. The molecule has 0 saturated carbocycles. The lowest BCUT2D eigenvalue weighted by atomic mass is 9.90. The van der Waals surface area contributed by atoms with E-state index < -0.39 is 0 Å². The number of fused-ring (bicyclic) bond motifs is 1. The Hall–Kier alpha value is -2.71. The number of benzene rings is 1. The molecule has 3 heterocycles. The number of nitrogens with zero attached hydrogens (tertiary/aromatic N) is 5. The first-order valence-electron chi connectivity index (χ1n) is 10.6. The van der Waals surface area contributed by atoms with Gasteiger partial charge in [0.1, 0.15) is 11.7 Å². The quantitative estimate of drug-likeness (QED) is 0.648. The molecule has 0 N–H and O–H groups in total. The largest absolute Gasteiger partial charge is 0.335 e. The van der Waals surface area contributed by atoms with Crippen LogP contribution < -0.4 is 0 Å². The Kier molecular flexibility index (Phi) is 5.64. The van der Waals surface area contributed by atoms with Crippen LogP contribution >= 0.6 is 0 Å². The van der Waals surface area contributed by atoms with Crippen molar-refractivity contribution in [2.45, 2.75) is 39.0 Å². The van der Waals surface area contributed by atoms with Gasteiger partial charge in [-0.1, -0.05) is 18.6 Å². The molecule has 1 saturated heterocycles. The van der Waals surface area contributed by atoms with Crippen molar-refractivity contribution >= 4 is 11.0 Å². The molecular weight excluding hydrogens is 358 g/mol. The van der Waals surface area contributed by atoms with E-state index in [1.807, 2.05) is 23.9 Å². The molecule has 0 radical (unpaired) electrons. The van der Waals surface area contributed by atoms with Crippen LogP contribution in [0.3, 0.4) is 0 Å². The summed E-state index contributed by atoms with van der Waals surface area (Å²) in [6.45, 7) is 4.68. The van der Waals surface area contributed by atoms with Crippen molar-refractivity contribution in [3.05, 3.63) is 47.4 Å². The molecule has 0 aliphatic carbocycles. The summed E-state index contributed by atoms with van der Waals surface area (Å²) in [5.41, 5.74) is 5.41. The average molecular weight is 388 g/mol. The van der Waals surface area contributed by atoms with Crippen LogP contribution in [0.2, 0.25) is 0 Å². The van der Waals surface area contributed by atoms with Gasteiger partial charge in [-0.15, -0.1) is 0 Å². The summed E-state index contributed by atoms with van der Waals surface area (Å²) in [5, 5.41) is 10.3. The van der Waals surface area contributed by atoms with Crippen molar-refractivity contribution in [1.82, 2.24) is 19.4 Å². The van der Waals surface area contributed by atoms with E-state index in [4.69, 9.17) is 0 Å². The number of hydrogen-bond acceptors (Lipinski definition) is 4. The number of piperidine rings is 1. The number of likely N-dealkylation sites (tertiary alicyclic amines) is 1. The Balaban J connectivity index is 1.51. The molecule has 5 nitrogen and oxygen atoms in total. The summed E-state index contributed by atoms with van der Waals surface area (Å²) in [4.78, 5) is 11.3. The van der Waals surface area contributed by atoms with Gasteiger partial charge in [0.25, 0.3) is 0 Å². The molecule has 0 atom stereocenters. The van der Waals surface area contributed by atoms with Gasteiger partial charge >= 0.3 is 0 Å². The molecule has 0 spiro atoms. The van der Waals surface area contributed by atoms with Crippen molar-refractivity contribution < 1.29 is 0 Å². The number of aromatic nitrogens is 3. The van der Waals surface area contributed by atoms with Crippen LogP contribution in [-0.4, -0.2) is 39.6 Å². The molecule has 150 valence electrons. The smallest absolute Gasteiger partial charge is 0.234 e. The van der Waals surface area contributed by atoms with Gasteiger partial charge < -0.3 is 9.47 Å². The fourth-order valence-corrected chi connectivity index (χ4v) is 4.46. The zero-order valence-corrected chi connectivity index (χ0v) is 17.6. The lowest BCUT2D eigenvalue weighted by Gasteiger charge is -2.28. The second kappa shape index (κ2) is 8.34. The van der Waals surface area contributed by atoms with E-state index in [-0.39, 0.29) is 5.82 Å². The first-order valence-corrected chi connectivity index (χ1v) is 10.6. The molecule has 2 aromatic heterocycles. The highest BCUT2D eigenvalue weighted by atomic mass is 15.1. The second-order valence-corrected chi connectivity index (χ2v) is 8.45. The number of rotatable bonds is 5. The predicted molar refractivity (Wildman–Crippen MR) is 117 cm³/mol. The van der Waals surface area contributed by atoms with E-state index in [1.54, 1.807) is 0 Å². The Morgan fingerprint density at radius 2 is 1.93 bits per heavy atom. The number of aryl methyl sites for hydroxylation is 3. The van der Waals surface area contributed by atoms with Gasteiger partial charge in [0.05, 0.1) is 5.69 Å². The predicted octanol–water partition coefficient (Wildman–Crippen LogP) is 4.48. The van der Waals surface area contributed by atoms with Gasteiger partial charge in [0.15, 0.2) is 0 Å². The zero-order chi connectivity index (χ0) is 20.4. The molecule has 29 heavy (non-hydrogen) atoms. The summed E-state index contributed by atoms with van der Waals surface area (Å²) in [5.74, 6) is 1.11. The minimum Gasteiger partial charge on any atom is -0.335 e. The molecular formula is C24H29N5.